The molecule has 21 heavy (non-hydrogen) atoms. The van der Waals surface area contributed by atoms with Crippen LogP contribution < -0.4 is 0 Å². The SMILES string of the molecule is C=Cc1ccc(-c2ccc(-c3ccccc3)cc2F)cc1. The number of benzene rings is 3. The van der Waals surface area contributed by atoms with Gasteiger partial charge < -0.3 is 0 Å². The fraction of sp³-hybridized carbons (Fsp3) is 0. The maximum Gasteiger partial charge on any atom is 0.131 e. The zero-order valence-electron chi connectivity index (χ0n) is 11.6. The Hall–Kier alpha value is -2.67. The summed E-state index contributed by atoms with van der Waals surface area (Å²) in [5.41, 5.74) is 4.42. The summed E-state index contributed by atoms with van der Waals surface area (Å²) in [6.07, 6.45) is 1.78. The van der Waals surface area contributed by atoms with Crippen LogP contribution in [0.15, 0.2) is 79.4 Å². The molecule has 0 heterocycles. The molecule has 3 aromatic carbocycles. The van der Waals surface area contributed by atoms with Crippen molar-refractivity contribution < 1.29 is 4.39 Å². The van der Waals surface area contributed by atoms with Crippen molar-refractivity contribution >= 4 is 6.08 Å². The minimum atomic E-state index is -0.206. The van der Waals surface area contributed by atoms with Gasteiger partial charge in [-0.05, 0) is 28.3 Å². The monoisotopic (exact) mass is 274 g/mol. The molecule has 0 radical (unpaired) electrons. The largest absolute Gasteiger partial charge is 0.206 e. The van der Waals surface area contributed by atoms with Gasteiger partial charge in [0.15, 0.2) is 0 Å². The highest BCUT2D eigenvalue weighted by atomic mass is 19.1. The predicted molar refractivity (Wildman–Crippen MR) is 87.4 cm³/mol. The summed E-state index contributed by atoms with van der Waals surface area (Å²) in [5.74, 6) is -0.206. The lowest BCUT2D eigenvalue weighted by Gasteiger charge is -2.07. The van der Waals surface area contributed by atoms with E-state index in [1.807, 2.05) is 66.7 Å². The first-order chi connectivity index (χ1) is 10.3. The van der Waals surface area contributed by atoms with Gasteiger partial charge >= 0.3 is 0 Å². The van der Waals surface area contributed by atoms with Gasteiger partial charge in [-0.25, -0.2) is 4.39 Å². The van der Waals surface area contributed by atoms with Crippen LogP contribution in [0.2, 0.25) is 0 Å². The van der Waals surface area contributed by atoms with Crippen LogP contribution in [0.5, 0.6) is 0 Å². The Morgan fingerprint density at radius 2 is 1.38 bits per heavy atom. The molecule has 0 aliphatic rings. The molecule has 0 aliphatic heterocycles. The van der Waals surface area contributed by atoms with Crippen molar-refractivity contribution in [3.63, 3.8) is 0 Å². The minimum Gasteiger partial charge on any atom is -0.206 e. The highest BCUT2D eigenvalue weighted by molar-refractivity contribution is 5.71. The van der Waals surface area contributed by atoms with Crippen LogP contribution in [-0.2, 0) is 0 Å². The summed E-state index contributed by atoms with van der Waals surface area (Å²) in [5, 5.41) is 0. The van der Waals surface area contributed by atoms with Crippen molar-refractivity contribution in [2.24, 2.45) is 0 Å². The number of hydrogen-bond acceptors (Lipinski definition) is 0. The van der Waals surface area contributed by atoms with Crippen LogP contribution in [0.1, 0.15) is 5.56 Å². The molecule has 0 unspecified atom stereocenters. The lowest BCUT2D eigenvalue weighted by atomic mass is 9.99. The van der Waals surface area contributed by atoms with Gasteiger partial charge in [0, 0.05) is 5.56 Å². The van der Waals surface area contributed by atoms with E-state index in [0.717, 1.165) is 22.3 Å². The summed E-state index contributed by atoms with van der Waals surface area (Å²) in [6.45, 7) is 3.72. The minimum absolute atomic E-state index is 0.206. The molecule has 0 nitrogen and oxygen atoms in total. The van der Waals surface area contributed by atoms with Crippen LogP contribution >= 0.6 is 0 Å². The van der Waals surface area contributed by atoms with E-state index in [9.17, 15) is 4.39 Å². The van der Waals surface area contributed by atoms with Crippen LogP contribution in [-0.4, -0.2) is 0 Å². The first kappa shape index (κ1) is 13.3. The highest BCUT2D eigenvalue weighted by Crippen LogP contribution is 2.28. The van der Waals surface area contributed by atoms with E-state index in [4.69, 9.17) is 0 Å². The van der Waals surface area contributed by atoms with E-state index >= 15 is 0 Å². The predicted octanol–water partition coefficient (Wildman–Crippen LogP) is 5.80. The van der Waals surface area contributed by atoms with Gasteiger partial charge in [-0.2, -0.15) is 0 Å². The Morgan fingerprint density at radius 1 is 0.714 bits per heavy atom. The Balaban J connectivity index is 1.99. The standard InChI is InChI=1S/C20H15F/c1-2-15-8-10-17(11-9-15)19-13-12-18(14-20(19)21)16-6-4-3-5-7-16/h2-14H,1H2. The van der Waals surface area contributed by atoms with Gasteiger partial charge in [0.1, 0.15) is 5.82 Å². The number of halogens is 1. The maximum absolute atomic E-state index is 14.4. The van der Waals surface area contributed by atoms with E-state index in [0.29, 0.717) is 5.56 Å². The molecule has 0 aliphatic carbocycles. The molecule has 0 saturated carbocycles. The summed E-state index contributed by atoms with van der Waals surface area (Å²) in [4.78, 5) is 0. The molecular formula is C20H15F. The molecule has 0 saturated heterocycles. The zero-order valence-corrected chi connectivity index (χ0v) is 11.6. The molecule has 0 N–H and O–H groups in total. The van der Waals surface area contributed by atoms with Crippen LogP contribution in [0, 0.1) is 5.82 Å². The van der Waals surface area contributed by atoms with Gasteiger partial charge in [0.2, 0.25) is 0 Å². The second-order valence-electron chi connectivity index (χ2n) is 4.89. The molecular weight excluding hydrogens is 259 g/mol. The van der Waals surface area contributed by atoms with Crippen molar-refractivity contribution in [3.8, 4) is 22.3 Å². The molecule has 0 amide bonds. The molecule has 0 atom stereocenters. The first-order valence-electron chi connectivity index (χ1n) is 6.86. The molecule has 0 bridgehead atoms. The average Bonchev–Trinajstić information content (AvgIpc) is 2.56. The lowest BCUT2D eigenvalue weighted by Crippen LogP contribution is -1.86. The van der Waals surface area contributed by atoms with Gasteiger partial charge in [-0.1, -0.05) is 79.4 Å². The van der Waals surface area contributed by atoms with Crippen LogP contribution in [0.3, 0.4) is 0 Å². The molecule has 0 aromatic heterocycles. The summed E-state index contributed by atoms with van der Waals surface area (Å²) >= 11 is 0. The van der Waals surface area contributed by atoms with Crippen molar-refractivity contribution in [1.82, 2.24) is 0 Å². The third-order valence-electron chi connectivity index (χ3n) is 3.53. The number of hydrogen-bond donors (Lipinski definition) is 0. The molecule has 1 heteroatoms. The molecule has 0 fully saturated rings. The quantitative estimate of drug-likeness (QED) is 0.566. The maximum atomic E-state index is 14.4. The summed E-state index contributed by atoms with van der Waals surface area (Å²) < 4.78 is 14.4. The fourth-order valence-electron chi connectivity index (χ4n) is 2.36. The second kappa shape index (κ2) is 5.76. The Labute approximate surface area is 124 Å². The lowest BCUT2D eigenvalue weighted by molar-refractivity contribution is 0.632. The zero-order chi connectivity index (χ0) is 14.7. The smallest absolute Gasteiger partial charge is 0.131 e. The third kappa shape index (κ3) is 2.77. The topological polar surface area (TPSA) is 0 Å². The molecule has 3 aromatic rings. The van der Waals surface area contributed by atoms with E-state index in [1.54, 1.807) is 12.1 Å². The van der Waals surface area contributed by atoms with E-state index in [2.05, 4.69) is 6.58 Å². The van der Waals surface area contributed by atoms with Crippen molar-refractivity contribution in [2.75, 3.05) is 0 Å². The first-order valence-corrected chi connectivity index (χ1v) is 6.86. The second-order valence-corrected chi connectivity index (χ2v) is 4.89. The normalized spacial score (nSPS) is 10.3. The van der Waals surface area contributed by atoms with Gasteiger partial charge in [-0.3, -0.25) is 0 Å². The van der Waals surface area contributed by atoms with Crippen LogP contribution in [0.4, 0.5) is 4.39 Å². The molecule has 102 valence electrons. The van der Waals surface area contributed by atoms with E-state index in [1.165, 1.54) is 0 Å². The molecule has 3 rings (SSSR count). The van der Waals surface area contributed by atoms with Crippen molar-refractivity contribution in [1.29, 1.82) is 0 Å². The van der Waals surface area contributed by atoms with Gasteiger partial charge in [0.05, 0.1) is 0 Å². The van der Waals surface area contributed by atoms with Crippen LogP contribution in [0.25, 0.3) is 28.3 Å². The summed E-state index contributed by atoms with van der Waals surface area (Å²) in [6, 6.07) is 22.9. The third-order valence-corrected chi connectivity index (χ3v) is 3.53. The fourth-order valence-corrected chi connectivity index (χ4v) is 2.36. The van der Waals surface area contributed by atoms with Crippen molar-refractivity contribution in [2.45, 2.75) is 0 Å². The summed E-state index contributed by atoms with van der Waals surface area (Å²) in [7, 11) is 0. The average molecular weight is 274 g/mol. The van der Waals surface area contributed by atoms with Gasteiger partial charge in [-0.15, -0.1) is 0 Å². The van der Waals surface area contributed by atoms with Gasteiger partial charge in [0.25, 0.3) is 0 Å². The highest BCUT2D eigenvalue weighted by Gasteiger charge is 2.07. The molecule has 0 spiro atoms. The number of rotatable bonds is 3. The Kier molecular flexibility index (Phi) is 3.65. The van der Waals surface area contributed by atoms with Crippen molar-refractivity contribution in [3.05, 3.63) is 90.8 Å². The van der Waals surface area contributed by atoms with E-state index in [-0.39, 0.29) is 5.82 Å². The Morgan fingerprint density at radius 3 is 2.00 bits per heavy atom. The Bertz CT molecular complexity index is 756. The van der Waals surface area contributed by atoms with E-state index < -0.39 is 0 Å².